The number of hydrogen-bond acceptors (Lipinski definition) is 5. The fourth-order valence-electron chi connectivity index (χ4n) is 1.97. The first-order valence-corrected chi connectivity index (χ1v) is 5.88. The lowest BCUT2D eigenvalue weighted by Crippen LogP contribution is -2.28. The van der Waals surface area contributed by atoms with E-state index in [2.05, 4.69) is 16.0 Å². The molecule has 0 aromatic carbocycles. The Kier molecular flexibility index (Phi) is 3.42. The van der Waals surface area contributed by atoms with Crippen LogP contribution in [0.15, 0.2) is 12.3 Å². The Morgan fingerprint density at radius 3 is 2.89 bits per heavy atom. The molecule has 1 aromatic rings. The largest absolute Gasteiger partial charge is 0.352 e. The number of aryl methyl sites for hydroxylation is 1. The molecule has 0 bridgehead atoms. The van der Waals surface area contributed by atoms with Gasteiger partial charge in [0.25, 0.3) is 5.69 Å². The second kappa shape index (κ2) is 5.00. The summed E-state index contributed by atoms with van der Waals surface area (Å²) in [5, 5.41) is 19.3. The molecule has 18 heavy (non-hydrogen) atoms. The van der Waals surface area contributed by atoms with Gasteiger partial charge in [-0.15, -0.1) is 0 Å². The molecule has 1 heterocycles. The number of nitriles is 1. The lowest BCUT2D eigenvalue weighted by Gasteiger charge is -2.23. The zero-order valence-corrected chi connectivity index (χ0v) is 10.2. The van der Waals surface area contributed by atoms with Crippen LogP contribution in [0.2, 0.25) is 0 Å². The summed E-state index contributed by atoms with van der Waals surface area (Å²) in [5.41, 5.74) is 0.793. The van der Waals surface area contributed by atoms with Gasteiger partial charge >= 0.3 is 0 Å². The van der Waals surface area contributed by atoms with Crippen molar-refractivity contribution >= 4 is 11.5 Å². The molecule has 0 radical (unpaired) electrons. The zero-order chi connectivity index (χ0) is 13.1. The average molecular weight is 246 g/mol. The van der Waals surface area contributed by atoms with Crippen LogP contribution in [0.4, 0.5) is 11.5 Å². The molecule has 0 aliphatic heterocycles. The van der Waals surface area contributed by atoms with E-state index in [1.54, 1.807) is 0 Å². The minimum Gasteiger partial charge on any atom is -0.352 e. The number of pyridine rings is 1. The third kappa shape index (κ3) is 2.56. The zero-order valence-electron chi connectivity index (χ0n) is 10.2. The lowest BCUT2D eigenvalue weighted by molar-refractivity contribution is -0.385. The highest BCUT2D eigenvalue weighted by Gasteiger charge is 2.30. The highest BCUT2D eigenvalue weighted by molar-refractivity contribution is 5.52. The van der Waals surface area contributed by atoms with Crippen LogP contribution >= 0.6 is 0 Å². The van der Waals surface area contributed by atoms with Crippen LogP contribution in [-0.4, -0.2) is 22.5 Å². The first-order chi connectivity index (χ1) is 8.63. The van der Waals surface area contributed by atoms with Crippen molar-refractivity contribution in [1.82, 2.24) is 4.98 Å². The molecule has 6 heteroatoms. The van der Waals surface area contributed by atoms with Gasteiger partial charge in [0.15, 0.2) is 0 Å². The summed E-state index contributed by atoms with van der Waals surface area (Å²) in [6, 6.07) is 4.09. The Labute approximate surface area is 105 Å². The van der Waals surface area contributed by atoms with Crippen molar-refractivity contribution in [3.05, 3.63) is 27.9 Å². The molecular formula is C12H14N4O2. The predicted octanol–water partition coefficient (Wildman–Crippen LogP) is 2.18. The van der Waals surface area contributed by atoms with Crippen molar-refractivity contribution < 1.29 is 4.92 Å². The molecule has 0 spiro atoms. The van der Waals surface area contributed by atoms with Crippen molar-refractivity contribution in [2.75, 3.05) is 11.4 Å². The summed E-state index contributed by atoms with van der Waals surface area (Å²) in [7, 11) is 0. The monoisotopic (exact) mass is 246 g/mol. The van der Waals surface area contributed by atoms with E-state index in [1.807, 2.05) is 6.92 Å². The van der Waals surface area contributed by atoms with Crippen LogP contribution < -0.4 is 4.90 Å². The van der Waals surface area contributed by atoms with Crippen LogP contribution in [0.3, 0.4) is 0 Å². The van der Waals surface area contributed by atoms with E-state index in [0.717, 1.165) is 24.2 Å². The molecule has 94 valence electrons. The van der Waals surface area contributed by atoms with Crippen molar-refractivity contribution in [1.29, 1.82) is 5.26 Å². The van der Waals surface area contributed by atoms with Gasteiger partial charge in [-0.25, -0.2) is 4.98 Å². The van der Waals surface area contributed by atoms with Gasteiger partial charge in [-0.3, -0.25) is 10.1 Å². The topological polar surface area (TPSA) is 83.1 Å². The van der Waals surface area contributed by atoms with Crippen molar-refractivity contribution in [3.63, 3.8) is 0 Å². The first kappa shape index (κ1) is 12.3. The van der Waals surface area contributed by atoms with Gasteiger partial charge in [-0.1, -0.05) is 0 Å². The highest BCUT2D eigenvalue weighted by atomic mass is 16.6. The quantitative estimate of drug-likeness (QED) is 0.587. The molecule has 2 rings (SSSR count). The molecule has 0 atom stereocenters. The number of hydrogen-bond donors (Lipinski definition) is 0. The van der Waals surface area contributed by atoms with E-state index in [9.17, 15) is 10.1 Å². The smallest absolute Gasteiger partial charge is 0.287 e. The van der Waals surface area contributed by atoms with Crippen LogP contribution in [0, 0.1) is 28.4 Å². The molecule has 0 saturated heterocycles. The van der Waals surface area contributed by atoms with Crippen LogP contribution in [0.25, 0.3) is 0 Å². The van der Waals surface area contributed by atoms with Gasteiger partial charge in [0.05, 0.1) is 17.4 Å². The second-order valence-electron chi connectivity index (χ2n) is 4.42. The Morgan fingerprint density at radius 2 is 2.39 bits per heavy atom. The number of anilines is 1. The number of rotatable bonds is 5. The van der Waals surface area contributed by atoms with Gasteiger partial charge in [-0.2, -0.15) is 5.26 Å². The van der Waals surface area contributed by atoms with E-state index in [4.69, 9.17) is 5.26 Å². The molecule has 1 aromatic heterocycles. The molecule has 1 saturated carbocycles. The molecular weight excluding hydrogens is 232 g/mol. The van der Waals surface area contributed by atoms with E-state index in [1.165, 1.54) is 12.3 Å². The summed E-state index contributed by atoms with van der Waals surface area (Å²) in [5.74, 6) is 0.762. The molecule has 0 N–H and O–H groups in total. The summed E-state index contributed by atoms with van der Waals surface area (Å²) < 4.78 is 0. The van der Waals surface area contributed by atoms with Crippen LogP contribution in [0.5, 0.6) is 0 Å². The van der Waals surface area contributed by atoms with Crippen molar-refractivity contribution in [3.8, 4) is 6.07 Å². The molecule has 6 nitrogen and oxygen atoms in total. The van der Waals surface area contributed by atoms with Gasteiger partial charge in [0, 0.05) is 18.7 Å². The summed E-state index contributed by atoms with van der Waals surface area (Å²) in [6.45, 7) is 2.45. The fourth-order valence-corrected chi connectivity index (χ4v) is 1.97. The third-order valence-electron chi connectivity index (χ3n) is 2.97. The Bertz CT molecular complexity index is 505. The van der Waals surface area contributed by atoms with E-state index in [-0.39, 0.29) is 5.69 Å². The summed E-state index contributed by atoms with van der Waals surface area (Å²) >= 11 is 0. The Morgan fingerprint density at radius 1 is 1.67 bits per heavy atom. The third-order valence-corrected chi connectivity index (χ3v) is 2.97. The molecule has 0 amide bonds. The fraction of sp³-hybridized carbons (Fsp3) is 0.500. The van der Waals surface area contributed by atoms with Gasteiger partial charge < -0.3 is 4.90 Å². The van der Waals surface area contributed by atoms with E-state index >= 15 is 0 Å². The van der Waals surface area contributed by atoms with Crippen molar-refractivity contribution in [2.24, 2.45) is 0 Å². The SMILES string of the molecule is Cc1cc([N+](=O)[O-])cnc1N(CCC#N)C1CC1. The maximum absolute atomic E-state index is 10.7. The highest BCUT2D eigenvalue weighted by Crippen LogP contribution is 2.33. The molecule has 1 aliphatic carbocycles. The summed E-state index contributed by atoms with van der Waals surface area (Å²) in [6.07, 6.45) is 3.92. The molecule has 1 fully saturated rings. The first-order valence-electron chi connectivity index (χ1n) is 5.88. The number of nitro groups is 1. The minimum atomic E-state index is -0.444. The van der Waals surface area contributed by atoms with Gasteiger partial charge in [-0.05, 0) is 25.3 Å². The summed E-state index contributed by atoms with van der Waals surface area (Å²) in [4.78, 5) is 16.5. The normalized spacial score (nSPS) is 14.0. The standard InChI is InChI=1S/C12H14N4O2/c1-9-7-11(16(17)18)8-14-12(9)15(6-2-5-13)10-3-4-10/h7-8,10H,2-4,6H2,1H3. The second-order valence-corrected chi connectivity index (χ2v) is 4.42. The maximum atomic E-state index is 10.7. The van der Waals surface area contributed by atoms with E-state index in [0.29, 0.717) is 19.0 Å². The lowest BCUT2D eigenvalue weighted by atomic mass is 10.2. The maximum Gasteiger partial charge on any atom is 0.287 e. The van der Waals surface area contributed by atoms with E-state index < -0.39 is 4.92 Å². The average Bonchev–Trinajstić information content (AvgIpc) is 3.15. The number of nitrogens with zero attached hydrogens (tertiary/aromatic N) is 4. The minimum absolute atomic E-state index is 0.00674. The number of aromatic nitrogens is 1. The Hall–Kier alpha value is -2.16. The molecule has 1 aliphatic rings. The van der Waals surface area contributed by atoms with Crippen LogP contribution in [-0.2, 0) is 0 Å². The predicted molar refractivity (Wildman–Crippen MR) is 66.2 cm³/mol. The van der Waals surface area contributed by atoms with Crippen molar-refractivity contribution in [2.45, 2.75) is 32.2 Å². The van der Waals surface area contributed by atoms with Gasteiger partial charge in [0.2, 0.25) is 0 Å². The van der Waals surface area contributed by atoms with Crippen LogP contribution in [0.1, 0.15) is 24.8 Å². The Balaban J connectivity index is 2.25. The molecule has 0 unspecified atom stereocenters. The van der Waals surface area contributed by atoms with Gasteiger partial charge in [0.1, 0.15) is 12.0 Å².